The van der Waals surface area contributed by atoms with Crippen LogP contribution < -0.4 is 5.32 Å². The molecule has 110 valence electrons. The third-order valence-corrected chi connectivity index (χ3v) is 4.15. The molecule has 6 heteroatoms. The van der Waals surface area contributed by atoms with Crippen LogP contribution in [0.1, 0.15) is 35.5 Å². The zero-order chi connectivity index (χ0) is 14.9. The van der Waals surface area contributed by atoms with Crippen molar-refractivity contribution in [1.29, 1.82) is 0 Å². The van der Waals surface area contributed by atoms with Gasteiger partial charge in [0.15, 0.2) is 0 Å². The van der Waals surface area contributed by atoms with Crippen molar-refractivity contribution >= 4 is 11.6 Å². The molecule has 0 amide bonds. The summed E-state index contributed by atoms with van der Waals surface area (Å²) in [5.41, 5.74) is 4.44. The number of rotatable bonds is 5. The standard InChI is InChI=1S/C14H22ClN5/c1-6-12-11(8-19(4)18-12)13(16-3)7-10-9(2)17-20(5)14(10)15/h8,13,16H,6-7H2,1-5H3. The molecular formula is C14H22ClN5. The fourth-order valence-corrected chi connectivity index (χ4v) is 2.85. The molecule has 2 aromatic rings. The quantitative estimate of drug-likeness (QED) is 0.920. The van der Waals surface area contributed by atoms with Gasteiger partial charge in [-0.3, -0.25) is 9.36 Å². The number of aromatic nitrogens is 4. The van der Waals surface area contributed by atoms with Gasteiger partial charge in [-0.1, -0.05) is 18.5 Å². The molecule has 0 aromatic carbocycles. The van der Waals surface area contributed by atoms with Crippen molar-refractivity contribution in [3.63, 3.8) is 0 Å². The van der Waals surface area contributed by atoms with Crippen LogP contribution in [0.3, 0.4) is 0 Å². The van der Waals surface area contributed by atoms with Gasteiger partial charge in [-0.05, 0) is 26.8 Å². The predicted octanol–water partition coefficient (Wildman–Crippen LogP) is 2.18. The van der Waals surface area contributed by atoms with Gasteiger partial charge >= 0.3 is 0 Å². The second-order valence-electron chi connectivity index (χ2n) is 5.08. The van der Waals surface area contributed by atoms with Crippen LogP contribution in [0.5, 0.6) is 0 Å². The van der Waals surface area contributed by atoms with E-state index >= 15 is 0 Å². The zero-order valence-corrected chi connectivity index (χ0v) is 13.5. The summed E-state index contributed by atoms with van der Waals surface area (Å²) in [4.78, 5) is 0. The predicted molar refractivity (Wildman–Crippen MR) is 81.0 cm³/mol. The van der Waals surface area contributed by atoms with Gasteiger partial charge in [0.2, 0.25) is 0 Å². The molecule has 5 nitrogen and oxygen atoms in total. The molecule has 0 saturated heterocycles. The number of halogens is 1. The SMILES string of the molecule is CCc1nn(C)cc1C(Cc1c(C)nn(C)c1Cl)NC. The van der Waals surface area contributed by atoms with E-state index in [-0.39, 0.29) is 6.04 Å². The van der Waals surface area contributed by atoms with Crippen LogP contribution in [0.4, 0.5) is 0 Å². The second-order valence-corrected chi connectivity index (χ2v) is 5.44. The minimum absolute atomic E-state index is 0.194. The van der Waals surface area contributed by atoms with Gasteiger partial charge in [-0.25, -0.2) is 0 Å². The molecule has 2 heterocycles. The van der Waals surface area contributed by atoms with E-state index in [0.29, 0.717) is 5.15 Å². The topological polar surface area (TPSA) is 47.7 Å². The van der Waals surface area contributed by atoms with E-state index in [1.165, 1.54) is 5.56 Å². The van der Waals surface area contributed by atoms with E-state index in [1.807, 2.05) is 32.7 Å². The van der Waals surface area contributed by atoms with Crippen LogP contribution in [0, 0.1) is 6.92 Å². The number of nitrogens with one attached hydrogen (secondary N) is 1. The summed E-state index contributed by atoms with van der Waals surface area (Å²) in [5, 5.41) is 13.0. The van der Waals surface area contributed by atoms with Crippen LogP contribution in [-0.4, -0.2) is 26.6 Å². The van der Waals surface area contributed by atoms with Crippen molar-refractivity contribution in [2.45, 2.75) is 32.7 Å². The lowest BCUT2D eigenvalue weighted by atomic mass is 9.99. The van der Waals surface area contributed by atoms with E-state index in [0.717, 1.165) is 29.8 Å². The van der Waals surface area contributed by atoms with Gasteiger partial charge in [0, 0.05) is 37.5 Å². The monoisotopic (exact) mass is 295 g/mol. The maximum Gasteiger partial charge on any atom is 0.130 e. The van der Waals surface area contributed by atoms with E-state index in [9.17, 15) is 0 Å². The van der Waals surface area contributed by atoms with Gasteiger partial charge < -0.3 is 5.32 Å². The van der Waals surface area contributed by atoms with Crippen molar-refractivity contribution in [1.82, 2.24) is 24.9 Å². The fraction of sp³-hybridized carbons (Fsp3) is 0.571. The highest BCUT2D eigenvalue weighted by molar-refractivity contribution is 6.30. The smallest absolute Gasteiger partial charge is 0.130 e. The fourth-order valence-electron chi connectivity index (χ4n) is 2.60. The Morgan fingerprint density at radius 2 is 2.05 bits per heavy atom. The van der Waals surface area contributed by atoms with Crippen LogP contribution >= 0.6 is 11.6 Å². The Morgan fingerprint density at radius 1 is 1.35 bits per heavy atom. The Balaban J connectivity index is 2.33. The Labute approximate surface area is 124 Å². The normalized spacial score (nSPS) is 12.9. The highest BCUT2D eigenvalue weighted by Gasteiger charge is 2.21. The van der Waals surface area contributed by atoms with Gasteiger partial charge in [-0.2, -0.15) is 10.2 Å². The summed E-state index contributed by atoms with van der Waals surface area (Å²) in [5.74, 6) is 0. The first-order valence-electron chi connectivity index (χ1n) is 6.85. The molecule has 0 spiro atoms. The first-order chi connectivity index (χ1) is 9.47. The number of likely N-dealkylation sites (N-methyl/N-ethyl adjacent to an activating group) is 1. The highest BCUT2D eigenvalue weighted by atomic mass is 35.5. The van der Waals surface area contributed by atoms with Crippen LogP contribution in [0.2, 0.25) is 5.15 Å². The maximum absolute atomic E-state index is 6.33. The molecule has 0 bridgehead atoms. The molecule has 2 rings (SSSR count). The van der Waals surface area contributed by atoms with E-state index < -0.39 is 0 Å². The third kappa shape index (κ3) is 2.74. The Kier molecular flexibility index (Phi) is 4.50. The summed E-state index contributed by atoms with van der Waals surface area (Å²) in [6.45, 7) is 4.12. The summed E-state index contributed by atoms with van der Waals surface area (Å²) >= 11 is 6.33. The largest absolute Gasteiger partial charge is 0.313 e. The molecule has 0 aliphatic rings. The van der Waals surface area contributed by atoms with Gasteiger partial charge in [-0.15, -0.1) is 0 Å². The number of hydrogen-bond acceptors (Lipinski definition) is 3. The van der Waals surface area contributed by atoms with Crippen molar-refractivity contribution in [2.24, 2.45) is 14.1 Å². The second kappa shape index (κ2) is 5.97. The number of aryl methyl sites for hydroxylation is 4. The summed E-state index contributed by atoms with van der Waals surface area (Å²) < 4.78 is 3.60. The van der Waals surface area contributed by atoms with Crippen molar-refractivity contribution in [3.05, 3.63) is 33.9 Å². The van der Waals surface area contributed by atoms with Crippen molar-refractivity contribution < 1.29 is 0 Å². The highest BCUT2D eigenvalue weighted by Crippen LogP contribution is 2.27. The molecule has 0 radical (unpaired) electrons. The molecule has 0 aliphatic carbocycles. The van der Waals surface area contributed by atoms with Gasteiger partial charge in [0.25, 0.3) is 0 Å². The first-order valence-corrected chi connectivity index (χ1v) is 7.23. The van der Waals surface area contributed by atoms with E-state index in [2.05, 4.69) is 28.6 Å². The summed E-state index contributed by atoms with van der Waals surface area (Å²) in [7, 11) is 5.79. The lowest BCUT2D eigenvalue weighted by Crippen LogP contribution is -2.20. The lowest BCUT2D eigenvalue weighted by molar-refractivity contribution is 0.585. The van der Waals surface area contributed by atoms with Crippen LogP contribution in [0.25, 0.3) is 0 Å². The van der Waals surface area contributed by atoms with Gasteiger partial charge in [0.1, 0.15) is 5.15 Å². The molecule has 1 atom stereocenters. The van der Waals surface area contributed by atoms with Gasteiger partial charge in [0.05, 0.1) is 11.4 Å². The average molecular weight is 296 g/mol. The van der Waals surface area contributed by atoms with Crippen molar-refractivity contribution in [2.75, 3.05) is 7.05 Å². The first kappa shape index (κ1) is 15.1. The molecule has 0 fully saturated rings. The third-order valence-electron chi connectivity index (χ3n) is 3.67. The minimum atomic E-state index is 0.194. The number of nitrogens with zero attached hydrogens (tertiary/aromatic N) is 4. The zero-order valence-electron chi connectivity index (χ0n) is 12.7. The summed E-state index contributed by atoms with van der Waals surface area (Å²) in [6, 6.07) is 0.194. The van der Waals surface area contributed by atoms with E-state index in [1.54, 1.807) is 4.68 Å². The number of hydrogen-bond donors (Lipinski definition) is 1. The Bertz CT molecular complexity index is 599. The molecule has 1 N–H and O–H groups in total. The molecule has 1 unspecified atom stereocenters. The molecule has 20 heavy (non-hydrogen) atoms. The Hall–Kier alpha value is -1.33. The molecular weight excluding hydrogens is 274 g/mol. The van der Waals surface area contributed by atoms with Crippen LogP contribution in [0.15, 0.2) is 6.20 Å². The average Bonchev–Trinajstić information content (AvgIpc) is 2.89. The summed E-state index contributed by atoms with van der Waals surface area (Å²) in [6.07, 6.45) is 3.82. The van der Waals surface area contributed by atoms with E-state index in [4.69, 9.17) is 11.6 Å². The molecule has 0 saturated carbocycles. The molecule has 0 aliphatic heterocycles. The minimum Gasteiger partial charge on any atom is -0.313 e. The lowest BCUT2D eigenvalue weighted by Gasteiger charge is -2.16. The van der Waals surface area contributed by atoms with Crippen molar-refractivity contribution in [3.8, 4) is 0 Å². The van der Waals surface area contributed by atoms with Crippen LogP contribution in [-0.2, 0) is 26.9 Å². The maximum atomic E-state index is 6.33. The Morgan fingerprint density at radius 3 is 2.55 bits per heavy atom. The molecule has 2 aromatic heterocycles.